The summed E-state index contributed by atoms with van der Waals surface area (Å²) in [5.41, 5.74) is 3.96. The van der Waals surface area contributed by atoms with Crippen LogP contribution in [0.4, 0.5) is 5.69 Å². The Balaban J connectivity index is 1.93. The Morgan fingerprint density at radius 2 is 2.11 bits per heavy atom. The minimum absolute atomic E-state index is 0.194. The number of anilines is 1. The van der Waals surface area contributed by atoms with Crippen LogP contribution in [-0.4, -0.2) is 36.8 Å². The summed E-state index contributed by atoms with van der Waals surface area (Å²) in [6, 6.07) is 6.78. The van der Waals surface area contributed by atoms with Gasteiger partial charge in [-0.1, -0.05) is 18.2 Å². The molecule has 0 spiro atoms. The lowest BCUT2D eigenvalue weighted by Crippen LogP contribution is -2.34. The van der Waals surface area contributed by atoms with Crippen molar-refractivity contribution in [1.29, 1.82) is 0 Å². The van der Waals surface area contributed by atoms with Gasteiger partial charge >= 0.3 is 5.97 Å². The molecule has 1 aliphatic heterocycles. The van der Waals surface area contributed by atoms with Crippen LogP contribution < -0.4 is 10.2 Å². The van der Waals surface area contributed by atoms with Crippen molar-refractivity contribution in [3.05, 3.63) is 29.3 Å². The lowest BCUT2D eigenvalue weighted by atomic mass is 10.1. The highest BCUT2D eigenvalue weighted by Crippen LogP contribution is 2.27. The van der Waals surface area contributed by atoms with E-state index in [1.165, 1.54) is 16.8 Å². The van der Waals surface area contributed by atoms with Gasteiger partial charge in [0.05, 0.1) is 6.42 Å². The number of para-hydroxylation sites is 1. The molecular weight excluding hydrogens is 240 g/mol. The average Bonchev–Trinajstić information content (AvgIpc) is 2.77. The molecule has 1 heterocycles. The molecule has 1 atom stereocenters. The third kappa shape index (κ3) is 3.47. The Morgan fingerprint density at radius 3 is 2.74 bits per heavy atom. The molecule has 0 aliphatic carbocycles. The number of nitrogens with zero attached hydrogens (tertiary/aromatic N) is 1. The zero-order valence-corrected chi connectivity index (χ0v) is 11.6. The molecule has 19 heavy (non-hydrogen) atoms. The Morgan fingerprint density at radius 1 is 1.42 bits per heavy atom. The third-order valence-electron chi connectivity index (χ3n) is 3.72. The Bertz CT molecular complexity index is 439. The third-order valence-corrected chi connectivity index (χ3v) is 3.72. The van der Waals surface area contributed by atoms with Crippen LogP contribution in [-0.2, 0) is 4.79 Å². The maximum absolute atomic E-state index is 10.5. The summed E-state index contributed by atoms with van der Waals surface area (Å²) in [4.78, 5) is 12.9. The van der Waals surface area contributed by atoms with E-state index >= 15 is 0 Å². The fraction of sp³-hybridized carbons (Fsp3) is 0.533. The van der Waals surface area contributed by atoms with Gasteiger partial charge in [0.25, 0.3) is 0 Å². The molecule has 1 unspecified atom stereocenters. The summed E-state index contributed by atoms with van der Waals surface area (Å²) >= 11 is 0. The molecule has 104 valence electrons. The molecule has 1 saturated heterocycles. The summed E-state index contributed by atoms with van der Waals surface area (Å²) in [5, 5.41) is 12.0. The molecule has 1 aliphatic rings. The highest BCUT2D eigenvalue weighted by Gasteiger charge is 2.24. The van der Waals surface area contributed by atoms with Gasteiger partial charge < -0.3 is 15.3 Å². The number of nitrogens with one attached hydrogen (secondary N) is 1. The van der Waals surface area contributed by atoms with Crippen molar-refractivity contribution in [1.82, 2.24) is 5.32 Å². The van der Waals surface area contributed by atoms with Crippen molar-refractivity contribution < 1.29 is 9.90 Å². The quantitative estimate of drug-likeness (QED) is 0.851. The first-order valence-corrected chi connectivity index (χ1v) is 6.84. The molecule has 1 fully saturated rings. The Labute approximate surface area is 114 Å². The summed E-state index contributed by atoms with van der Waals surface area (Å²) in [5.74, 6) is -0.739. The standard InChI is InChI=1S/C15H22N2O2/c1-11-4-3-5-12(2)15(11)17-9-7-13(10-17)16-8-6-14(18)19/h3-5,13,16H,6-10H2,1-2H3,(H,18,19). The van der Waals surface area contributed by atoms with Crippen molar-refractivity contribution >= 4 is 11.7 Å². The summed E-state index contributed by atoms with van der Waals surface area (Å²) in [6.45, 7) is 6.85. The number of aliphatic carboxylic acids is 1. The van der Waals surface area contributed by atoms with Crippen LogP contribution in [0.3, 0.4) is 0 Å². The maximum Gasteiger partial charge on any atom is 0.304 e. The highest BCUT2D eigenvalue weighted by atomic mass is 16.4. The van der Waals surface area contributed by atoms with E-state index in [1.807, 2.05) is 0 Å². The highest BCUT2D eigenvalue weighted by molar-refractivity contribution is 5.66. The molecule has 0 aromatic heterocycles. The maximum atomic E-state index is 10.5. The zero-order valence-electron chi connectivity index (χ0n) is 11.6. The minimum atomic E-state index is -0.739. The van der Waals surface area contributed by atoms with Crippen LogP contribution in [0.1, 0.15) is 24.0 Å². The largest absolute Gasteiger partial charge is 0.481 e. The molecule has 0 bridgehead atoms. The predicted octanol–water partition coefficient (Wildman–Crippen LogP) is 1.95. The number of carbonyl (C=O) groups is 1. The first kappa shape index (κ1) is 13.9. The molecule has 1 aromatic rings. The number of hydrogen-bond acceptors (Lipinski definition) is 3. The second-order valence-corrected chi connectivity index (χ2v) is 5.27. The first-order valence-electron chi connectivity index (χ1n) is 6.84. The molecular formula is C15H22N2O2. The average molecular weight is 262 g/mol. The predicted molar refractivity (Wildman–Crippen MR) is 76.8 cm³/mol. The van der Waals surface area contributed by atoms with Crippen molar-refractivity contribution in [2.75, 3.05) is 24.5 Å². The molecule has 2 N–H and O–H groups in total. The van der Waals surface area contributed by atoms with E-state index < -0.39 is 5.97 Å². The van der Waals surface area contributed by atoms with E-state index in [-0.39, 0.29) is 6.42 Å². The second-order valence-electron chi connectivity index (χ2n) is 5.27. The zero-order chi connectivity index (χ0) is 13.8. The smallest absolute Gasteiger partial charge is 0.304 e. The summed E-state index contributed by atoms with van der Waals surface area (Å²) in [6.07, 6.45) is 1.27. The SMILES string of the molecule is Cc1cccc(C)c1N1CCC(NCCC(=O)O)C1. The molecule has 4 heteroatoms. The number of benzene rings is 1. The summed E-state index contributed by atoms with van der Waals surface area (Å²) in [7, 11) is 0. The van der Waals surface area contributed by atoms with E-state index in [1.54, 1.807) is 0 Å². The molecule has 0 radical (unpaired) electrons. The van der Waals surface area contributed by atoms with Crippen LogP contribution in [0.15, 0.2) is 18.2 Å². The van der Waals surface area contributed by atoms with E-state index in [0.717, 1.165) is 19.5 Å². The molecule has 0 saturated carbocycles. The molecule has 4 nitrogen and oxygen atoms in total. The molecule has 2 rings (SSSR count). The van der Waals surface area contributed by atoms with Gasteiger partial charge in [0.1, 0.15) is 0 Å². The number of aryl methyl sites for hydroxylation is 2. The van der Waals surface area contributed by atoms with E-state index in [0.29, 0.717) is 12.6 Å². The number of carboxylic acids is 1. The van der Waals surface area contributed by atoms with Gasteiger partial charge in [-0.05, 0) is 31.4 Å². The Kier molecular flexibility index (Phi) is 4.43. The summed E-state index contributed by atoms with van der Waals surface area (Å²) < 4.78 is 0. The van der Waals surface area contributed by atoms with Crippen LogP contribution in [0.5, 0.6) is 0 Å². The van der Waals surface area contributed by atoms with Crippen LogP contribution >= 0.6 is 0 Å². The van der Waals surface area contributed by atoms with Gasteiger partial charge in [-0.25, -0.2) is 0 Å². The fourth-order valence-electron chi connectivity index (χ4n) is 2.82. The lowest BCUT2D eigenvalue weighted by Gasteiger charge is -2.23. The first-order chi connectivity index (χ1) is 9.08. The molecule has 1 aromatic carbocycles. The van der Waals surface area contributed by atoms with Gasteiger partial charge in [-0.2, -0.15) is 0 Å². The molecule has 0 amide bonds. The second kappa shape index (κ2) is 6.06. The fourth-order valence-corrected chi connectivity index (χ4v) is 2.82. The van der Waals surface area contributed by atoms with Gasteiger partial charge in [0.2, 0.25) is 0 Å². The topological polar surface area (TPSA) is 52.6 Å². The lowest BCUT2D eigenvalue weighted by molar-refractivity contribution is -0.136. The number of hydrogen-bond donors (Lipinski definition) is 2. The van der Waals surface area contributed by atoms with Crippen molar-refractivity contribution in [3.8, 4) is 0 Å². The minimum Gasteiger partial charge on any atom is -0.481 e. The normalized spacial score (nSPS) is 18.8. The number of carboxylic acid groups (broad SMARTS) is 1. The van der Waals surface area contributed by atoms with E-state index in [4.69, 9.17) is 5.11 Å². The van der Waals surface area contributed by atoms with Crippen LogP contribution in [0, 0.1) is 13.8 Å². The number of rotatable bonds is 5. The van der Waals surface area contributed by atoms with Gasteiger partial charge in [0, 0.05) is 31.4 Å². The Hall–Kier alpha value is -1.55. The monoisotopic (exact) mass is 262 g/mol. The van der Waals surface area contributed by atoms with Crippen molar-refractivity contribution in [2.45, 2.75) is 32.7 Å². The van der Waals surface area contributed by atoms with Crippen LogP contribution in [0.2, 0.25) is 0 Å². The van der Waals surface area contributed by atoms with Crippen molar-refractivity contribution in [3.63, 3.8) is 0 Å². The van der Waals surface area contributed by atoms with E-state index in [9.17, 15) is 4.79 Å². The van der Waals surface area contributed by atoms with Crippen molar-refractivity contribution in [2.24, 2.45) is 0 Å². The van der Waals surface area contributed by atoms with E-state index in [2.05, 4.69) is 42.3 Å². The van der Waals surface area contributed by atoms with Gasteiger partial charge in [0.15, 0.2) is 0 Å². The van der Waals surface area contributed by atoms with Crippen LogP contribution in [0.25, 0.3) is 0 Å². The van der Waals surface area contributed by atoms with Gasteiger partial charge in [-0.3, -0.25) is 4.79 Å². The van der Waals surface area contributed by atoms with Gasteiger partial charge in [-0.15, -0.1) is 0 Å².